The Balaban J connectivity index is 1.48. The quantitative estimate of drug-likeness (QED) is 0.711. The third-order valence-electron chi connectivity index (χ3n) is 4.82. The lowest BCUT2D eigenvalue weighted by Crippen LogP contribution is -2.49. The van der Waals surface area contributed by atoms with Crippen molar-refractivity contribution in [2.75, 3.05) is 18.6 Å². The number of fused-ring (bicyclic) bond motifs is 1. The molecule has 8 nitrogen and oxygen atoms in total. The number of aryl methyl sites for hydroxylation is 1. The molecule has 1 aromatic carbocycles. The van der Waals surface area contributed by atoms with E-state index in [4.69, 9.17) is 4.74 Å². The fourth-order valence-corrected chi connectivity index (χ4v) is 3.15. The highest BCUT2D eigenvalue weighted by atomic mass is 19.1. The van der Waals surface area contributed by atoms with E-state index in [1.807, 2.05) is 31.2 Å². The second-order valence-corrected chi connectivity index (χ2v) is 7.06. The highest BCUT2D eigenvalue weighted by Crippen LogP contribution is 2.27. The van der Waals surface area contributed by atoms with Crippen LogP contribution in [-0.2, 0) is 11.3 Å². The van der Waals surface area contributed by atoms with Crippen LogP contribution in [-0.4, -0.2) is 46.3 Å². The van der Waals surface area contributed by atoms with E-state index in [1.165, 1.54) is 4.90 Å². The van der Waals surface area contributed by atoms with Gasteiger partial charge in [-0.3, -0.25) is 14.5 Å². The molecule has 0 bridgehead atoms. The molecule has 0 aliphatic carbocycles. The van der Waals surface area contributed by atoms with E-state index in [9.17, 15) is 14.0 Å². The Bertz CT molecular complexity index is 1100. The van der Waals surface area contributed by atoms with Crippen molar-refractivity contribution < 1.29 is 18.7 Å². The number of pyridine rings is 1. The van der Waals surface area contributed by atoms with Crippen LogP contribution in [0.4, 0.5) is 10.2 Å². The maximum atomic E-state index is 14.3. The Morgan fingerprint density at radius 2 is 2.07 bits per heavy atom. The minimum absolute atomic E-state index is 0.0693. The minimum atomic E-state index is -0.956. The number of rotatable bonds is 4. The van der Waals surface area contributed by atoms with Crippen LogP contribution in [0, 0.1) is 12.9 Å². The molecule has 1 atom stereocenters. The zero-order valence-corrected chi connectivity index (χ0v) is 16.5. The number of amides is 2. The van der Waals surface area contributed by atoms with E-state index in [0.29, 0.717) is 11.6 Å². The van der Waals surface area contributed by atoms with E-state index in [0.717, 1.165) is 21.9 Å². The number of nitrogens with zero attached hydrogens (tertiary/aromatic N) is 4. The second-order valence-electron chi connectivity index (χ2n) is 7.06. The lowest BCUT2D eigenvalue weighted by atomic mass is 10.1. The smallest absolute Gasteiger partial charge is 0.272 e. The van der Waals surface area contributed by atoms with Gasteiger partial charge in [0.2, 0.25) is 5.95 Å². The van der Waals surface area contributed by atoms with Crippen molar-refractivity contribution in [2.24, 2.45) is 0 Å². The predicted octanol–water partition coefficient (Wildman–Crippen LogP) is 1.93. The zero-order valence-electron chi connectivity index (χ0n) is 16.5. The summed E-state index contributed by atoms with van der Waals surface area (Å²) in [6, 6.07) is 11.1. The van der Waals surface area contributed by atoms with Crippen molar-refractivity contribution in [3.05, 3.63) is 71.4 Å². The molecule has 154 valence electrons. The molecule has 1 aliphatic heterocycles. The first kappa shape index (κ1) is 19.6. The molecule has 0 saturated carbocycles. The first-order chi connectivity index (χ1) is 14.4. The number of ether oxygens (including phenoxy) is 1. The fourth-order valence-electron chi connectivity index (χ4n) is 3.15. The standard InChI is InChI=1S/C21H20FN5O3/c1-13-5-7-14(8-6-13)11-27-18(22)10-15(25-27)20(28)24-16-12-30-17-4-3-9-23-19(17)26(2)21(16)29/h3-10,16H,11-12H2,1-2H3,(H,24,28)/t16-/m0/s1. The summed E-state index contributed by atoms with van der Waals surface area (Å²) < 4.78 is 21.0. The lowest BCUT2D eigenvalue weighted by Gasteiger charge is -2.19. The molecule has 3 aromatic rings. The molecule has 0 saturated heterocycles. The largest absolute Gasteiger partial charge is 0.487 e. The maximum absolute atomic E-state index is 14.3. The summed E-state index contributed by atoms with van der Waals surface area (Å²) in [4.78, 5) is 30.8. The summed E-state index contributed by atoms with van der Waals surface area (Å²) in [5, 5.41) is 6.63. The van der Waals surface area contributed by atoms with Crippen molar-refractivity contribution in [1.82, 2.24) is 20.1 Å². The number of carbonyl (C=O) groups is 2. The molecule has 4 rings (SSSR count). The number of hydrogen-bond acceptors (Lipinski definition) is 5. The van der Waals surface area contributed by atoms with E-state index < -0.39 is 17.9 Å². The highest BCUT2D eigenvalue weighted by Gasteiger charge is 2.32. The summed E-state index contributed by atoms with van der Waals surface area (Å²) in [6.45, 7) is 2.08. The molecule has 30 heavy (non-hydrogen) atoms. The molecule has 2 aromatic heterocycles. The van der Waals surface area contributed by atoms with Crippen molar-refractivity contribution in [3.8, 4) is 5.75 Å². The first-order valence-corrected chi connectivity index (χ1v) is 9.37. The number of hydrogen-bond donors (Lipinski definition) is 1. The molecular weight excluding hydrogens is 389 g/mol. The topological polar surface area (TPSA) is 89.3 Å². The van der Waals surface area contributed by atoms with Gasteiger partial charge in [0, 0.05) is 19.3 Å². The average molecular weight is 409 g/mol. The maximum Gasteiger partial charge on any atom is 0.272 e. The van der Waals surface area contributed by atoms with Crippen LogP contribution in [0.15, 0.2) is 48.7 Å². The summed E-state index contributed by atoms with van der Waals surface area (Å²) in [7, 11) is 1.55. The van der Waals surface area contributed by atoms with Gasteiger partial charge in [-0.1, -0.05) is 29.8 Å². The molecule has 3 heterocycles. The normalized spacial score (nSPS) is 15.9. The molecule has 9 heteroatoms. The van der Waals surface area contributed by atoms with Gasteiger partial charge in [0.15, 0.2) is 17.3 Å². The third kappa shape index (κ3) is 3.86. The molecule has 0 spiro atoms. The Labute approximate surface area is 172 Å². The number of halogens is 1. The van der Waals surface area contributed by atoms with Gasteiger partial charge in [0.05, 0.1) is 6.54 Å². The number of likely N-dealkylation sites (N-methyl/N-ethyl adjacent to an activating group) is 1. The van der Waals surface area contributed by atoms with Gasteiger partial charge < -0.3 is 10.1 Å². The van der Waals surface area contributed by atoms with Gasteiger partial charge >= 0.3 is 0 Å². The van der Waals surface area contributed by atoms with E-state index in [2.05, 4.69) is 15.4 Å². The van der Waals surface area contributed by atoms with Gasteiger partial charge in [-0.2, -0.15) is 9.49 Å². The summed E-state index contributed by atoms with van der Waals surface area (Å²) >= 11 is 0. The van der Waals surface area contributed by atoms with Gasteiger partial charge in [0.1, 0.15) is 12.6 Å². The number of anilines is 1. The highest BCUT2D eigenvalue weighted by molar-refractivity contribution is 6.02. The number of carbonyl (C=O) groups excluding carboxylic acids is 2. The summed E-state index contributed by atoms with van der Waals surface area (Å²) in [5.74, 6) is -0.879. The van der Waals surface area contributed by atoms with Gasteiger partial charge in [-0.15, -0.1) is 0 Å². The third-order valence-corrected chi connectivity index (χ3v) is 4.82. The van der Waals surface area contributed by atoms with Crippen LogP contribution in [0.3, 0.4) is 0 Å². The predicted molar refractivity (Wildman–Crippen MR) is 107 cm³/mol. The molecule has 0 radical (unpaired) electrons. The lowest BCUT2D eigenvalue weighted by molar-refractivity contribution is -0.120. The van der Waals surface area contributed by atoms with Gasteiger partial charge in [-0.25, -0.2) is 9.67 Å². The van der Waals surface area contributed by atoms with Gasteiger partial charge in [-0.05, 0) is 24.6 Å². The SMILES string of the molecule is Cc1ccc(Cn2nc(C(=O)N[C@H]3COc4cccnc4N(C)C3=O)cc2F)cc1. The van der Waals surface area contributed by atoms with Crippen molar-refractivity contribution >= 4 is 17.6 Å². The number of benzene rings is 1. The Kier molecular flexibility index (Phi) is 5.18. The number of aromatic nitrogens is 3. The van der Waals surface area contributed by atoms with E-state index in [1.54, 1.807) is 25.4 Å². The molecule has 1 N–H and O–H groups in total. The zero-order chi connectivity index (χ0) is 21.3. The van der Waals surface area contributed by atoms with Crippen LogP contribution < -0.4 is 15.0 Å². The molecular formula is C21H20FN5O3. The molecule has 1 aliphatic rings. The first-order valence-electron chi connectivity index (χ1n) is 9.37. The van der Waals surface area contributed by atoms with Crippen molar-refractivity contribution in [3.63, 3.8) is 0 Å². The van der Waals surface area contributed by atoms with Crippen LogP contribution in [0.25, 0.3) is 0 Å². The van der Waals surface area contributed by atoms with Crippen molar-refractivity contribution in [2.45, 2.75) is 19.5 Å². The van der Waals surface area contributed by atoms with Crippen LogP contribution >= 0.6 is 0 Å². The Morgan fingerprint density at radius 1 is 1.30 bits per heavy atom. The van der Waals surface area contributed by atoms with Crippen LogP contribution in [0.1, 0.15) is 21.6 Å². The monoisotopic (exact) mass is 409 g/mol. The Hall–Kier alpha value is -3.75. The summed E-state index contributed by atoms with van der Waals surface area (Å²) in [5.41, 5.74) is 1.83. The molecule has 0 unspecified atom stereocenters. The fraction of sp³-hybridized carbons (Fsp3) is 0.238. The molecule has 2 amide bonds. The second kappa shape index (κ2) is 7.94. The average Bonchev–Trinajstić information content (AvgIpc) is 3.06. The van der Waals surface area contributed by atoms with Crippen LogP contribution in [0.5, 0.6) is 5.75 Å². The van der Waals surface area contributed by atoms with Gasteiger partial charge in [0.25, 0.3) is 11.8 Å². The Morgan fingerprint density at radius 3 is 2.83 bits per heavy atom. The molecule has 0 fully saturated rings. The van der Waals surface area contributed by atoms with Crippen LogP contribution in [0.2, 0.25) is 0 Å². The minimum Gasteiger partial charge on any atom is -0.487 e. The summed E-state index contributed by atoms with van der Waals surface area (Å²) in [6.07, 6.45) is 1.55. The number of nitrogens with one attached hydrogen (secondary N) is 1. The van der Waals surface area contributed by atoms with E-state index in [-0.39, 0.29) is 24.8 Å². The van der Waals surface area contributed by atoms with Crippen molar-refractivity contribution in [1.29, 1.82) is 0 Å². The van der Waals surface area contributed by atoms with E-state index >= 15 is 0 Å².